The summed E-state index contributed by atoms with van der Waals surface area (Å²) in [6.45, 7) is 3.94. The number of alkyl halides is 1. The molecular formula is C11H13Br2NO. The Morgan fingerprint density at radius 3 is 2.33 bits per heavy atom. The standard InChI is InChI=1S/C11H13Br2NO/c1-11(2,7-12)14-10(15)8-3-5-9(13)6-4-8/h3-6H,7H2,1-2H3,(H,14,15). The molecule has 82 valence electrons. The van der Waals surface area contributed by atoms with E-state index in [9.17, 15) is 4.79 Å². The van der Waals surface area contributed by atoms with Crippen LogP contribution in [0.25, 0.3) is 0 Å². The predicted octanol–water partition coefficient (Wildman–Crippen LogP) is 3.35. The summed E-state index contributed by atoms with van der Waals surface area (Å²) < 4.78 is 0.971. The molecule has 1 rings (SSSR count). The van der Waals surface area contributed by atoms with Crippen molar-refractivity contribution in [1.82, 2.24) is 5.32 Å². The first-order valence-corrected chi connectivity index (χ1v) is 6.50. The molecule has 4 heteroatoms. The lowest BCUT2D eigenvalue weighted by Crippen LogP contribution is -2.44. The zero-order chi connectivity index (χ0) is 11.5. The molecule has 1 N–H and O–H groups in total. The minimum Gasteiger partial charge on any atom is -0.346 e. The second-order valence-electron chi connectivity index (χ2n) is 3.98. The molecular weight excluding hydrogens is 322 g/mol. The molecule has 0 fully saturated rings. The molecule has 2 nitrogen and oxygen atoms in total. The van der Waals surface area contributed by atoms with Crippen LogP contribution in [-0.4, -0.2) is 16.8 Å². The summed E-state index contributed by atoms with van der Waals surface area (Å²) in [6, 6.07) is 7.31. The molecule has 0 spiro atoms. The fraction of sp³-hybridized carbons (Fsp3) is 0.364. The van der Waals surface area contributed by atoms with E-state index in [-0.39, 0.29) is 11.4 Å². The van der Waals surface area contributed by atoms with Gasteiger partial charge in [-0.2, -0.15) is 0 Å². The van der Waals surface area contributed by atoms with Crippen molar-refractivity contribution in [3.63, 3.8) is 0 Å². The summed E-state index contributed by atoms with van der Waals surface area (Å²) in [7, 11) is 0. The van der Waals surface area contributed by atoms with Crippen LogP contribution in [0.15, 0.2) is 28.7 Å². The molecule has 0 heterocycles. The molecule has 0 bridgehead atoms. The van der Waals surface area contributed by atoms with E-state index in [1.54, 1.807) is 12.1 Å². The molecule has 0 aromatic heterocycles. The zero-order valence-corrected chi connectivity index (χ0v) is 11.9. The maximum atomic E-state index is 11.8. The van der Waals surface area contributed by atoms with Gasteiger partial charge < -0.3 is 5.32 Å². The van der Waals surface area contributed by atoms with Gasteiger partial charge in [0.2, 0.25) is 0 Å². The molecule has 0 radical (unpaired) electrons. The number of hydrogen-bond donors (Lipinski definition) is 1. The molecule has 0 aliphatic heterocycles. The summed E-state index contributed by atoms with van der Waals surface area (Å²) in [6.07, 6.45) is 0. The smallest absolute Gasteiger partial charge is 0.251 e. The average molecular weight is 335 g/mol. The lowest BCUT2D eigenvalue weighted by Gasteiger charge is -2.23. The fourth-order valence-corrected chi connectivity index (χ4v) is 1.42. The lowest BCUT2D eigenvalue weighted by molar-refractivity contribution is 0.0921. The predicted molar refractivity (Wildman–Crippen MR) is 69.5 cm³/mol. The van der Waals surface area contributed by atoms with Gasteiger partial charge in [-0.3, -0.25) is 4.79 Å². The molecule has 0 aliphatic carbocycles. The Hall–Kier alpha value is -0.350. The molecule has 1 aromatic carbocycles. The Morgan fingerprint density at radius 2 is 1.87 bits per heavy atom. The van der Waals surface area contributed by atoms with Crippen LogP contribution in [0.2, 0.25) is 0 Å². The van der Waals surface area contributed by atoms with E-state index < -0.39 is 0 Å². The number of amides is 1. The topological polar surface area (TPSA) is 29.1 Å². The second kappa shape index (κ2) is 5.12. The Bertz CT molecular complexity index is 346. The highest BCUT2D eigenvalue weighted by molar-refractivity contribution is 9.10. The van der Waals surface area contributed by atoms with Crippen molar-refractivity contribution in [2.45, 2.75) is 19.4 Å². The number of halogens is 2. The molecule has 0 unspecified atom stereocenters. The van der Waals surface area contributed by atoms with Crippen molar-refractivity contribution in [2.24, 2.45) is 0 Å². The van der Waals surface area contributed by atoms with Crippen molar-refractivity contribution in [2.75, 3.05) is 5.33 Å². The van der Waals surface area contributed by atoms with Crippen LogP contribution in [-0.2, 0) is 0 Å². The monoisotopic (exact) mass is 333 g/mol. The summed E-state index contributed by atoms with van der Waals surface area (Å²) >= 11 is 6.69. The zero-order valence-electron chi connectivity index (χ0n) is 8.68. The van der Waals surface area contributed by atoms with Crippen molar-refractivity contribution in [1.29, 1.82) is 0 Å². The Balaban J connectivity index is 2.74. The van der Waals surface area contributed by atoms with Crippen LogP contribution < -0.4 is 5.32 Å². The number of carbonyl (C=O) groups excluding carboxylic acids is 1. The Labute approximate surface area is 107 Å². The van der Waals surface area contributed by atoms with Gasteiger partial charge in [0, 0.05) is 20.9 Å². The summed E-state index contributed by atoms with van der Waals surface area (Å²) in [5, 5.41) is 3.67. The number of nitrogens with one attached hydrogen (secondary N) is 1. The van der Waals surface area contributed by atoms with Crippen molar-refractivity contribution in [3.05, 3.63) is 34.3 Å². The van der Waals surface area contributed by atoms with Gasteiger partial charge >= 0.3 is 0 Å². The highest BCUT2D eigenvalue weighted by Gasteiger charge is 2.19. The lowest BCUT2D eigenvalue weighted by atomic mass is 10.1. The van der Waals surface area contributed by atoms with Gasteiger partial charge in [0.25, 0.3) is 5.91 Å². The summed E-state index contributed by atoms with van der Waals surface area (Å²) in [4.78, 5) is 11.8. The van der Waals surface area contributed by atoms with Crippen LogP contribution in [0.4, 0.5) is 0 Å². The van der Waals surface area contributed by atoms with E-state index in [1.165, 1.54) is 0 Å². The maximum Gasteiger partial charge on any atom is 0.251 e. The first kappa shape index (κ1) is 12.7. The first-order chi connectivity index (χ1) is 6.94. The van der Waals surface area contributed by atoms with Crippen molar-refractivity contribution in [3.8, 4) is 0 Å². The van der Waals surface area contributed by atoms with Crippen LogP contribution in [0.1, 0.15) is 24.2 Å². The van der Waals surface area contributed by atoms with Gasteiger partial charge in [0.05, 0.1) is 0 Å². The van der Waals surface area contributed by atoms with Gasteiger partial charge in [0.1, 0.15) is 0 Å². The number of rotatable bonds is 3. The first-order valence-electron chi connectivity index (χ1n) is 4.59. The van der Waals surface area contributed by atoms with E-state index in [2.05, 4.69) is 37.2 Å². The van der Waals surface area contributed by atoms with E-state index in [1.807, 2.05) is 26.0 Å². The molecule has 0 atom stereocenters. The molecule has 0 saturated heterocycles. The highest BCUT2D eigenvalue weighted by Crippen LogP contribution is 2.12. The van der Waals surface area contributed by atoms with E-state index >= 15 is 0 Å². The van der Waals surface area contributed by atoms with Crippen LogP contribution >= 0.6 is 31.9 Å². The minimum absolute atomic E-state index is 0.0491. The third-order valence-corrected chi connectivity index (χ3v) is 3.82. The van der Waals surface area contributed by atoms with Gasteiger partial charge in [0.15, 0.2) is 0 Å². The molecule has 0 aliphatic rings. The summed E-state index contributed by atoms with van der Waals surface area (Å²) in [5.41, 5.74) is 0.441. The Kier molecular flexibility index (Phi) is 4.34. The van der Waals surface area contributed by atoms with Crippen LogP contribution in [0.5, 0.6) is 0 Å². The van der Waals surface area contributed by atoms with Gasteiger partial charge in [-0.15, -0.1) is 0 Å². The largest absolute Gasteiger partial charge is 0.346 e. The SMILES string of the molecule is CC(C)(CBr)NC(=O)c1ccc(Br)cc1. The quantitative estimate of drug-likeness (QED) is 0.844. The van der Waals surface area contributed by atoms with Gasteiger partial charge in [-0.1, -0.05) is 31.9 Å². The third-order valence-electron chi connectivity index (χ3n) is 1.89. The maximum absolute atomic E-state index is 11.8. The second-order valence-corrected chi connectivity index (χ2v) is 5.45. The molecule has 1 amide bonds. The van der Waals surface area contributed by atoms with Gasteiger partial charge in [-0.25, -0.2) is 0 Å². The number of benzene rings is 1. The molecule has 0 saturated carbocycles. The molecule has 15 heavy (non-hydrogen) atoms. The van der Waals surface area contributed by atoms with Crippen LogP contribution in [0.3, 0.4) is 0 Å². The third kappa shape index (κ3) is 3.95. The molecule has 1 aromatic rings. The Morgan fingerprint density at radius 1 is 1.33 bits per heavy atom. The number of hydrogen-bond acceptors (Lipinski definition) is 1. The number of carbonyl (C=O) groups is 1. The van der Waals surface area contributed by atoms with Crippen molar-refractivity contribution < 1.29 is 4.79 Å². The van der Waals surface area contributed by atoms with Crippen LogP contribution in [0, 0.1) is 0 Å². The fourth-order valence-electron chi connectivity index (χ4n) is 1.01. The average Bonchev–Trinajstić information content (AvgIpc) is 2.18. The summed E-state index contributed by atoms with van der Waals surface area (Å²) in [5.74, 6) is -0.0491. The van der Waals surface area contributed by atoms with Crippen molar-refractivity contribution >= 4 is 37.8 Å². The van der Waals surface area contributed by atoms with Gasteiger partial charge in [-0.05, 0) is 38.1 Å². The van der Waals surface area contributed by atoms with E-state index in [0.717, 1.165) is 9.80 Å². The normalized spacial score (nSPS) is 11.2. The van der Waals surface area contributed by atoms with E-state index in [4.69, 9.17) is 0 Å². The minimum atomic E-state index is -0.232. The van der Waals surface area contributed by atoms with E-state index in [0.29, 0.717) is 5.56 Å². The highest BCUT2D eigenvalue weighted by atomic mass is 79.9.